The monoisotopic (exact) mass is 290 g/mol. The quantitative estimate of drug-likeness (QED) is 0.900. The van der Waals surface area contributed by atoms with Crippen LogP contribution in [0.3, 0.4) is 0 Å². The molecule has 5 nitrogen and oxygen atoms in total. The minimum atomic E-state index is 0.110. The highest BCUT2D eigenvalue weighted by Gasteiger charge is 2.30. The Hall–Kier alpha value is -1.75. The average molecular weight is 290 g/mol. The first-order valence-corrected chi connectivity index (χ1v) is 7.55. The zero-order chi connectivity index (χ0) is 14.8. The number of nitrogens with one attached hydrogen (secondary N) is 1. The van der Waals surface area contributed by atoms with Gasteiger partial charge in [-0.05, 0) is 30.7 Å². The van der Waals surface area contributed by atoms with Crippen molar-refractivity contribution in [2.24, 2.45) is 5.92 Å². The van der Waals surface area contributed by atoms with Crippen LogP contribution in [-0.4, -0.2) is 37.7 Å². The molecule has 2 heterocycles. The lowest BCUT2D eigenvalue weighted by Crippen LogP contribution is -2.34. The lowest BCUT2D eigenvalue weighted by Gasteiger charge is -2.24. The molecule has 3 rings (SSSR count). The predicted octanol–water partition coefficient (Wildman–Crippen LogP) is 1.93. The second-order valence-electron chi connectivity index (χ2n) is 5.73. The Morgan fingerprint density at radius 1 is 1.38 bits per heavy atom. The molecule has 1 amide bonds. The van der Waals surface area contributed by atoms with E-state index in [-0.39, 0.29) is 18.7 Å². The third-order valence-corrected chi connectivity index (χ3v) is 4.42. The lowest BCUT2D eigenvalue weighted by molar-refractivity contribution is -0.128. The molecule has 5 heteroatoms. The molecule has 1 saturated heterocycles. The summed E-state index contributed by atoms with van der Waals surface area (Å²) in [4.78, 5) is 14.0. The zero-order valence-corrected chi connectivity index (χ0v) is 12.6. The Morgan fingerprint density at radius 3 is 2.90 bits per heavy atom. The van der Waals surface area contributed by atoms with Gasteiger partial charge in [0.1, 0.15) is 0 Å². The van der Waals surface area contributed by atoms with Gasteiger partial charge in [-0.1, -0.05) is 19.4 Å². The van der Waals surface area contributed by atoms with Crippen LogP contribution in [0.1, 0.15) is 31.4 Å². The Morgan fingerprint density at radius 2 is 2.19 bits per heavy atom. The first-order valence-electron chi connectivity index (χ1n) is 7.55. The third-order valence-electron chi connectivity index (χ3n) is 4.42. The molecule has 1 fully saturated rings. The van der Waals surface area contributed by atoms with Gasteiger partial charge in [-0.2, -0.15) is 0 Å². The van der Waals surface area contributed by atoms with E-state index in [9.17, 15) is 4.79 Å². The molecule has 2 aliphatic rings. The molecule has 1 aromatic rings. The first kappa shape index (κ1) is 14.2. The molecular formula is C16H22N2O3. The Bertz CT molecular complexity index is 532. The molecule has 0 bridgehead atoms. The topological polar surface area (TPSA) is 50.8 Å². The molecule has 2 atom stereocenters. The Labute approximate surface area is 125 Å². The second kappa shape index (κ2) is 5.93. The average Bonchev–Trinajstić information content (AvgIpc) is 3.10. The lowest BCUT2D eigenvalue weighted by atomic mass is 10.1. The van der Waals surface area contributed by atoms with Gasteiger partial charge in [0, 0.05) is 25.6 Å². The molecular weight excluding hydrogens is 268 g/mol. The smallest absolute Gasteiger partial charge is 0.231 e. The van der Waals surface area contributed by atoms with E-state index < -0.39 is 0 Å². The summed E-state index contributed by atoms with van der Waals surface area (Å²) in [5.41, 5.74) is 1.12. The second-order valence-corrected chi connectivity index (χ2v) is 5.73. The summed E-state index contributed by atoms with van der Waals surface area (Å²) < 4.78 is 10.8. The van der Waals surface area contributed by atoms with Gasteiger partial charge in [0.2, 0.25) is 12.7 Å². The van der Waals surface area contributed by atoms with E-state index in [1.807, 2.05) is 30.1 Å². The number of benzene rings is 1. The summed E-state index contributed by atoms with van der Waals surface area (Å²) in [7, 11) is 1.92. The number of carbonyl (C=O) groups excluding carboxylic acids is 1. The summed E-state index contributed by atoms with van der Waals surface area (Å²) in [5, 5.41) is 3.30. The van der Waals surface area contributed by atoms with Crippen molar-refractivity contribution in [1.29, 1.82) is 0 Å². The number of nitrogens with zero attached hydrogens (tertiary/aromatic N) is 1. The van der Waals surface area contributed by atoms with Crippen LogP contribution in [0, 0.1) is 5.92 Å². The molecule has 21 heavy (non-hydrogen) atoms. The Kier molecular flexibility index (Phi) is 4.01. The minimum Gasteiger partial charge on any atom is -0.454 e. The number of carbonyl (C=O) groups is 1. The van der Waals surface area contributed by atoms with Gasteiger partial charge in [0.15, 0.2) is 11.5 Å². The summed E-state index contributed by atoms with van der Waals surface area (Å²) in [6.45, 7) is 4.00. The minimum absolute atomic E-state index is 0.110. The fourth-order valence-corrected chi connectivity index (χ4v) is 3.02. The molecule has 0 spiro atoms. The first-order chi connectivity index (χ1) is 10.2. The van der Waals surface area contributed by atoms with Crippen LogP contribution in [0.25, 0.3) is 0 Å². The molecule has 0 aliphatic carbocycles. The van der Waals surface area contributed by atoms with Crippen molar-refractivity contribution in [3.05, 3.63) is 23.8 Å². The predicted molar refractivity (Wildman–Crippen MR) is 79.3 cm³/mol. The molecule has 0 saturated carbocycles. The number of fused-ring (bicyclic) bond motifs is 1. The van der Waals surface area contributed by atoms with Crippen molar-refractivity contribution in [3.63, 3.8) is 0 Å². The molecule has 0 radical (unpaired) electrons. The highest BCUT2D eigenvalue weighted by atomic mass is 16.7. The fraction of sp³-hybridized carbons (Fsp3) is 0.562. The van der Waals surface area contributed by atoms with E-state index >= 15 is 0 Å². The maximum Gasteiger partial charge on any atom is 0.231 e. The maximum absolute atomic E-state index is 12.1. The molecule has 2 aliphatic heterocycles. The SMILES string of the molecule is CCC1CC(=O)N(CC(NC)c2ccc3c(c2)OCO3)C1. The number of rotatable bonds is 5. The van der Waals surface area contributed by atoms with Gasteiger partial charge in [-0.15, -0.1) is 0 Å². The molecule has 1 aromatic carbocycles. The summed E-state index contributed by atoms with van der Waals surface area (Å²) in [6.07, 6.45) is 1.75. The van der Waals surface area contributed by atoms with Crippen LogP contribution in [0.2, 0.25) is 0 Å². The normalized spacial score (nSPS) is 21.9. The Balaban J connectivity index is 1.72. The van der Waals surface area contributed by atoms with Crippen LogP contribution in [0.15, 0.2) is 18.2 Å². The number of ether oxygens (including phenoxy) is 2. The molecule has 1 N–H and O–H groups in total. The fourth-order valence-electron chi connectivity index (χ4n) is 3.02. The highest BCUT2D eigenvalue weighted by Crippen LogP contribution is 2.34. The third kappa shape index (κ3) is 2.83. The van der Waals surface area contributed by atoms with Gasteiger partial charge in [0.05, 0.1) is 0 Å². The number of likely N-dealkylation sites (tertiary alicyclic amines) is 1. The number of hydrogen-bond donors (Lipinski definition) is 1. The van der Waals surface area contributed by atoms with E-state index in [0.717, 1.165) is 30.0 Å². The van der Waals surface area contributed by atoms with E-state index in [4.69, 9.17) is 9.47 Å². The van der Waals surface area contributed by atoms with Gasteiger partial charge in [-0.3, -0.25) is 4.79 Å². The standard InChI is InChI=1S/C16H22N2O3/c1-3-11-6-16(19)18(8-11)9-13(17-2)12-4-5-14-15(7-12)21-10-20-14/h4-5,7,11,13,17H,3,6,8-10H2,1-2H3. The van der Waals surface area contributed by atoms with Gasteiger partial charge in [-0.25, -0.2) is 0 Å². The van der Waals surface area contributed by atoms with Crippen LogP contribution in [0.4, 0.5) is 0 Å². The van der Waals surface area contributed by atoms with Crippen LogP contribution in [-0.2, 0) is 4.79 Å². The van der Waals surface area contributed by atoms with E-state index in [1.165, 1.54) is 0 Å². The summed E-state index contributed by atoms with van der Waals surface area (Å²) in [5.74, 6) is 2.35. The summed E-state index contributed by atoms with van der Waals surface area (Å²) in [6, 6.07) is 6.08. The van der Waals surface area contributed by atoms with E-state index in [1.54, 1.807) is 0 Å². The van der Waals surface area contributed by atoms with Crippen LogP contribution < -0.4 is 14.8 Å². The molecule has 114 valence electrons. The maximum atomic E-state index is 12.1. The van der Waals surface area contributed by atoms with Crippen molar-refractivity contribution in [3.8, 4) is 11.5 Å². The van der Waals surface area contributed by atoms with Crippen molar-refractivity contribution < 1.29 is 14.3 Å². The van der Waals surface area contributed by atoms with E-state index in [0.29, 0.717) is 18.9 Å². The van der Waals surface area contributed by atoms with E-state index in [2.05, 4.69) is 12.2 Å². The summed E-state index contributed by atoms with van der Waals surface area (Å²) >= 11 is 0. The van der Waals surface area contributed by atoms with Gasteiger partial charge in [0.25, 0.3) is 0 Å². The highest BCUT2D eigenvalue weighted by molar-refractivity contribution is 5.78. The number of likely N-dealkylation sites (N-methyl/N-ethyl adjacent to an activating group) is 1. The molecule has 0 aromatic heterocycles. The van der Waals surface area contributed by atoms with Crippen LogP contribution >= 0.6 is 0 Å². The van der Waals surface area contributed by atoms with Crippen molar-refractivity contribution in [1.82, 2.24) is 10.2 Å². The van der Waals surface area contributed by atoms with Gasteiger partial charge >= 0.3 is 0 Å². The zero-order valence-electron chi connectivity index (χ0n) is 12.6. The molecule has 2 unspecified atom stereocenters. The van der Waals surface area contributed by atoms with Crippen LogP contribution in [0.5, 0.6) is 11.5 Å². The van der Waals surface area contributed by atoms with Crippen molar-refractivity contribution in [2.45, 2.75) is 25.8 Å². The van der Waals surface area contributed by atoms with Gasteiger partial charge < -0.3 is 19.7 Å². The van der Waals surface area contributed by atoms with Crippen molar-refractivity contribution in [2.75, 3.05) is 26.9 Å². The van der Waals surface area contributed by atoms with Crippen molar-refractivity contribution >= 4 is 5.91 Å². The largest absolute Gasteiger partial charge is 0.454 e. The number of amides is 1. The number of hydrogen-bond acceptors (Lipinski definition) is 4.